The van der Waals surface area contributed by atoms with Crippen LogP contribution in [0.1, 0.15) is 75.9 Å². The number of fused-ring (bicyclic) bond motifs is 5. The van der Waals surface area contributed by atoms with E-state index in [9.17, 15) is 19.6 Å². The van der Waals surface area contributed by atoms with Crippen molar-refractivity contribution >= 4 is 11.9 Å². The predicted molar refractivity (Wildman–Crippen MR) is 125 cm³/mol. The molecule has 1 amide bonds. The van der Waals surface area contributed by atoms with Crippen molar-refractivity contribution in [3.63, 3.8) is 0 Å². The number of nitrogens with two attached hydrogens (primary N) is 1. The van der Waals surface area contributed by atoms with Crippen LogP contribution in [0.5, 0.6) is 0 Å². The molecule has 2 fully saturated rings. The minimum atomic E-state index is -0.880. The van der Waals surface area contributed by atoms with Gasteiger partial charge in [-0.2, -0.15) is 4.91 Å². The Bertz CT molecular complexity index is 1130. The molecule has 3 N–H and O–H groups in total. The van der Waals surface area contributed by atoms with Gasteiger partial charge in [-0.15, -0.1) is 0 Å². The molecule has 0 aromatic heterocycles. The first-order valence-electron chi connectivity index (χ1n) is 11.9. The standard InChI is InChI=1S/C27H30N2O4/c1-27-10-9-21-20-7-6-18(26(31)32)13-16(20)5-8-22(21)23(27)14-19(24(27)29-33)12-15-3-2-4-17(11-15)25(28)30/h2-4,6-7,11,13,19,21-24H,5,8-10,12,14H2,1H3,(H2,28,30)(H,31,32)/t19?,21?,22?,23?,24-,27-/m0/s1. The van der Waals surface area contributed by atoms with Crippen molar-refractivity contribution < 1.29 is 14.7 Å². The summed E-state index contributed by atoms with van der Waals surface area (Å²) in [5, 5.41) is 13.0. The van der Waals surface area contributed by atoms with E-state index in [0.29, 0.717) is 28.9 Å². The van der Waals surface area contributed by atoms with Crippen molar-refractivity contribution in [2.24, 2.45) is 34.1 Å². The summed E-state index contributed by atoms with van der Waals surface area (Å²) in [5.74, 6) is 0.140. The Morgan fingerprint density at radius 3 is 2.70 bits per heavy atom. The van der Waals surface area contributed by atoms with E-state index in [4.69, 9.17) is 5.73 Å². The SMILES string of the molecule is C[C@]12CCC3c4ccc(C(=O)O)cc4CCC3C1CC(Cc1cccc(C(N)=O)c1)[C@@H]2N=O. The maximum Gasteiger partial charge on any atom is 0.335 e. The zero-order valence-electron chi connectivity index (χ0n) is 18.9. The number of carbonyl (C=O) groups is 2. The van der Waals surface area contributed by atoms with Gasteiger partial charge in [-0.3, -0.25) is 4.79 Å². The van der Waals surface area contributed by atoms with Gasteiger partial charge < -0.3 is 10.8 Å². The van der Waals surface area contributed by atoms with Gasteiger partial charge in [0.25, 0.3) is 0 Å². The van der Waals surface area contributed by atoms with E-state index >= 15 is 0 Å². The summed E-state index contributed by atoms with van der Waals surface area (Å²) in [7, 11) is 0. The second-order valence-corrected chi connectivity index (χ2v) is 10.5. The summed E-state index contributed by atoms with van der Waals surface area (Å²) in [6, 6.07) is 12.8. The second-order valence-electron chi connectivity index (χ2n) is 10.5. The van der Waals surface area contributed by atoms with Crippen LogP contribution >= 0.6 is 0 Å². The molecule has 2 aromatic carbocycles. The number of amides is 1. The minimum absolute atomic E-state index is 0.118. The van der Waals surface area contributed by atoms with Crippen LogP contribution in [-0.2, 0) is 12.8 Å². The first-order chi connectivity index (χ1) is 15.8. The molecule has 0 bridgehead atoms. The summed E-state index contributed by atoms with van der Waals surface area (Å²) in [4.78, 5) is 35.1. The molecule has 0 aliphatic heterocycles. The Kier molecular flexibility index (Phi) is 5.34. The van der Waals surface area contributed by atoms with Gasteiger partial charge in [0.2, 0.25) is 5.91 Å². The number of aryl methyl sites for hydroxylation is 1. The first kappa shape index (κ1) is 21.8. The lowest BCUT2D eigenvalue weighted by Crippen LogP contribution is -2.44. The number of nitrogens with zero attached hydrogens (tertiary/aromatic N) is 1. The number of benzene rings is 2. The van der Waals surface area contributed by atoms with Crippen molar-refractivity contribution in [2.45, 2.75) is 57.4 Å². The summed E-state index contributed by atoms with van der Waals surface area (Å²) >= 11 is 0. The molecule has 5 rings (SSSR count). The normalized spacial score (nSPS) is 32.3. The van der Waals surface area contributed by atoms with Gasteiger partial charge in [0.1, 0.15) is 6.04 Å². The number of carbonyl (C=O) groups excluding carboxylic acids is 1. The molecule has 172 valence electrons. The van der Waals surface area contributed by atoms with Crippen molar-refractivity contribution in [3.05, 3.63) is 75.2 Å². The zero-order chi connectivity index (χ0) is 23.3. The third-order valence-corrected chi connectivity index (χ3v) is 8.91. The number of primary amides is 1. The van der Waals surface area contributed by atoms with Gasteiger partial charge in [0.05, 0.1) is 5.56 Å². The Balaban J connectivity index is 1.42. The highest BCUT2D eigenvalue weighted by Crippen LogP contribution is 2.63. The molecule has 2 aromatic rings. The van der Waals surface area contributed by atoms with E-state index in [1.807, 2.05) is 30.3 Å². The van der Waals surface area contributed by atoms with Gasteiger partial charge >= 0.3 is 5.97 Å². The second kappa shape index (κ2) is 8.08. The van der Waals surface area contributed by atoms with Crippen LogP contribution in [0.2, 0.25) is 0 Å². The number of hydrogen-bond donors (Lipinski definition) is 2. The largest absolute Gasteiger partial charge is 0.478 e. The maximum atomic E-state index is 12.1. The van der Waals surface area contributed by atoms with Crippen LogP contribution in [0.4, 0.5) is 0 Å². The number of hydrogen-bond acceptors (Lipinski definition) is 4. The van der Waals surface area contributed by atoms with Gasteiger partial charge in [-0.05, 0) is 109 Å². The number of aromatic carboxylic acids is 1. The van der Waals surface area contributed by atoms with Crippen LogP contribution in [0, 0.1) is 28.1 Å². The van der Waals surface area contributed by atoms with Crippen LogP contribution in [0.3, 0.4) is 0 Å². The van der Waals surface area contributed by atoms with Crippen molar-refractivity contribution in [2.75, 3.05) is 0 Å². The molecular weight excluding hydrogens is 416 g/mol. The predicted octanol–water partition coefficient (Wildman–Crippen LogP) is 4.94. The Morgan fingerprint density at radius 1 is 1.15 bits per heavy atom. The molecule has 3 aliphatic carbocycles. The molecule has 33 heavy (non-hydrogen) atoms. The highest BCUT2D eigenvalue weighted by Gasteiger charge is 2.59. The van der Waals surface area contributed by atoms with E-state index in [-0.39, 0.29) is 17.4 Å². The fourth-order valence-corrected chi connectivity index (χ4v) is 7.42. The topological polar surface area (TPSA) is 110 Å². The molecule has 0 radical (unpaired) electrons. The lowest BCUT2D eigenvalue weighted by atomic mass is 9.55. The molecule has 0 spiro atoms. The Hall–Kier alpha value is -3.02. The molecule has 6 heteroatoms. The van der Waals surface area contributed by atoms with Crippen LogP contribution in [0.25, 0.3) is 0 Å². The van der Waals surface area contributed by atoms with Gasteiger partial charge in [-0.1, -0.05) is 30.3 Å². The van der Waals surface area contributed by atoms with Crippen LogP contribution < -0.4 is 5.73 Å². The number of rotatable bonds is 5. The van der Waals surface area contributed by atoms with Crippen LogP contribution in [0.15, 0.2) is 47.6 Å². The lowest BCUT2D eigenvalue weighted by Gasteiger charge is -2.49. The average Bonchev–Trinajstić information content (AvgIpc) is 3.09. The fourth-order valence-electron chi connectivity index (χ4n) is 7.42. The molecule has 3 aliphatic rings. The Labute approximate surface area is 193 Å². The van der Waals surface area contributed by atoms with Crippen molar-refractivity contribution in [1.82, 2.24) is 0 Å². The van der Waals surface area contributed by atoms with E-state index in [1.165, 1.54) is 11.1 Å². The van der Waals surface area contributed by atoms with E-state index in [0.717, 1.165) is 44.1 Å². The summed E-state index contributed by atoms with van der Waals surface area (Å²) in [6.07, 6.45) is 5.54. The van der Waals surface area contributed by atoms with E-state index in [1.54, 1.807) is 12.1 Å². The first-order valence-corrected chi connectivity index (χ1v) is 11.9. The van der Waals surface area contributed by atoms with E-state index in [2.05, 4.69) is 12.1 Å². The minimum Gasteiger partial charge on any atom is -0.478 e. The maximum absolute atomic E-state index is 12.1. The molecule has 0 heterocycles. The average molecular weight is 447 g/mol. The number of nitroso groups, excluding NO2 is 1. The van der Waals surface area contributed by atoms with Crippen LogP contribution in [-0.4, -0.2) is 23.0 Å². The van der Waals surface area contributed by atoms with Gasteiger partial charge in [0.15, 0.2) is 0 Å². The van der Waals surface area contributed by atoms with Crippen molar-refractivity contribution in [3.8, 4) is 0 Å². The van der Waals surface area contributed by atoms with Gasteiger partial charge in [0, 0.05) is 5.56 Å². The third-order valence-electron chi connectivity index (χ3n) is 8.91. The molecule has 2 saturated carbocycles. The highest BCUT2D eigenvalue weighted by molar-refractivity contribution is 5.92. The quantitative estimate of drug-likeness (QED) is 0.634. The van der Waals surface area contributed by atoms with Gasteiger partial charge in [-0.25, -0.2) is 4.79 Å². The molecule has 6 atom stereocenters. The lowest BCUT2D eigenvalue weighted by molar-refractivity contribution is 0.0492. The molecule has 4 unspecified atom stereocenters. The zero-order valence-corrected chi connectivity index (χ0v) is 18.9. The molecule has 0 saturated heterocycles. The summed E-state index contributed by atoms with van der Waals surface area (Å²) in [5.41, 5.74) is 9.69. The Morgan fingerprint density at radius 2 is 1.97 bits per heavy atom. The third kappa shape index (κ3) is 3.56. The highest BCUT2D eigenvalue weighted by atomic mass is 16.4. The molecular formula is C27H30N2O4. The van der Waals surface area contributed by atoms with Crippen molar-refractivity contribution in [1.29, 1.82) is 0 Å². The summed E-state index contributed by atoms with van der Waals surface area (Å²) < 4.78 is 0. The van der Waals surface area contributed by atoms with E-state index < -0.39 is 11.9 Å². The molecule has 6 nitrogen and oxygen atoms in total. The smallest absolute Gasteiger partial charge is 0.335 e. The fraction of sp³-hybridized carbons (Fsp3) is 0.481. The monoisotopic (exact) mass is 446 g/mol. The number of carboxylic acid groups (broad SMARTS) is 1. The number of carboxylic acids is 1. The summed E-state index contributed by atoms with van der Waals surface area (Å²) in [6.45, 7) is 2.25.